The van der Waals surface area contributed by atoms with Crippen LogP contribution >= 0.6 is 0 Å². The fraction of sp³-hybridized carbons (Fsp3) is 0.400. The molecule has 0 radical (unpaired) electrons. The van der Waals surface area contributed by atoms with E-state index >= 15 is 0 Å². The van der Waals surface area contributed by atoms with Gasteiger partial charge >= 0.3 is 0 Å². The Hall–Kier alpha value is -3.26. The number of rotatable bonds is 5. The van der Waals surface area contributed by atoms with E-state index in [2.05, 4.69) is 15.2 Å². The van der Waals surface area contributed by atoms with Crippen LogP contribution in [0.15, 0.2) is 42.5 Å². The second-order valence-electron chi connectivity index (χ2n) is 8.81. The molecule has 0 aliphatic carbocycles. The first kappa shape index (κ1) is 21.6. The highest BCUT2D eigenvalue weighted by Crippen LogP contribution is 2.33. The molecule has 2 N–H and O–H groups in total. The molecule has 1 atom stereocenters. The number of phenolic OH excluding ortho intramolecular Hbond substituents is 1. The van der Waals surface area contributed by atoms with Gasteiger partial charge in [-0.3, -0.25) is 4.79 Å². The molecule has 172 valence electrons. The number of anilines is 1. The number of hydrogen-bond acceptors (Lipinski definition) is 6. The predicted octanol–water partition coefficient (Wildman–Crippen LogP) is 3.65. The summed E-state index contributed by atoms with van der Waals surface area (Å²) in [7, 11) is 0. The third-order valence-electron chi connectivity index (χ3n) is 6.45. The van der Waals surface area contributed by atoms with Gasteiger partial charge in [-0.15, -0.1) is 0 Å². The van der Waals surface area contributed by atoms with Crippen LogP contribution < -0.4 is 10.2 Å². The van der Waals surface area contributed by atoms with Crippen molar-refractivity contribution in [2.24, 2.45) is 5.92 Å². The van der Waals surface area contributed by atoms with Crippen LogP contribution in [0.1, 0.15) is 25.7 Å². The Kier molecular flexibility index (Phi) is 6.09. The highest BCUT2D eigenvalue weighted by atomic mass is 19.1. The smallest absolute Gasteiger partial charge is 0.220 e. The van der Waals surface area contributed by atoms with Crippen LogP contribution in [0.5, 0.6) is 5.75 Å². The van der Waals surface area contributed by atoms with Gasteiger partial charge in [-0.05, 0) is 55.5 Å². The molecule has 2 aromatic carbocycles. The van der Waals surface area contributed by atoms with Crippen molar-refractivity contribution >= 4 is 22.6 Å². The SMILES string of the molecule is O=C(CC1CCOCC1)NC1CCN(c2nc(-c3ccccc3O)nc3ccc(F)cc23)C1. The summed E-state index contributed by atoms with van der Waals surface area (Å²) in [5.41, 5.74) is 1.12. The summed E-state index contributed by atoms with van der Waals surface area (Å²) in [5.74, 6) is 1.18. The summed E-state index contributed by atoms with van der Waals surface area (Å²) in [4.78, 5) is 23.9. The average Bonchev–Trinajstić information content (AvgIpc) is 3.27. The van der Waals surface area contributed by atoms with E-state index in [1.54, 1.807) is 24.3 Å². The molecule has 33 heavy (non-hydrogen) atoms. The number of para-hydroxylation sites is 1. The van der Waals surface area contributed by atoms with Gasteiger partial charge in [0.15, 0.2) is 5.82 Å². The lowest BCUT2D eigenvalue weighted by atomic mass is 9.96. The highest BCUT2D eigenvalue weighted by molar-refractivity contribution is 5.91. The number of aromatic nitrogens is 2. The van der Waals surface area contributed by atoms with Gasteiger partial charge in [-0.25, -0.2) is 14.4 Å². The predicted molar refractivity (Wildman–Crippen MR) is 124 cm³/mol. The molecule has 1 aromatic heterocycles. The molecule has 0 saturated carbocycles. The zero-order valence-corrected chi connectivity index (χ0v) is 18.3. The second kappa shape index (κ2) is 9.31. The maximum absolute atomic E-state index is 14.1. The van der Waals surface area contributed by atoms with Crippen LogP contribution in [0.25, 0.3) is 22.3 Å². The van der Waals surface area contributed by atoms with Crippen LogP contribution in [-0.4, -0.2) is 53.3 Å². The van der Waals surface area contributed by atoms with Crippen molar-refractivity contribution in [3.63, 3.8) is 0 Å². The van der Waals surface area contributed by atoms with Gasteiger partial charge in [0, 0.05) is 44.2 Å². The summed E-state index contributed by atoms with van der Waals surface area (Å²) in [6, 6.07) is 11.3. The maximum Gasteiger partial charge on any atom is 0.220 e. The van der Waals surface area contributed by atoms with E-state index < -0.39 is 0 Å². The van der Waals surface area contributed by atoms with Gasteiger partial charge in [0.1, 0.15) is 17.4 Å². The molecule has 5 rings (SSSR count). The zero-order valence-electron chi connectivity index (χ0n) is 18.3. The molecule has 2 fully saturated rings. The minimum Gasteiger partial charge on any atom is -0.507 e. The minimum atomic E-state index is -0.358. The molecule has 0 bridgehead atoms. The van der Waals surface area contributed by atoms with E-state index in [-0.39, 0.29) is 23.5 Å². The molecular formula is C25H27FN4O3. The normalized spacial score (nSPS) is 19.2. The first-order chi connectivity index (χ1) is 16.1. The molecule has 3 heterocycles. The number of nitrogens with zero attached hydrogens (tertiary/aromatic N) is 3. The Labute approximate surface area is 191 Å². The highest BCUT2D eigenvalue weighted by Gasteiger charge is 2.28. The molecule has 2 saturated heterocycles. The fourth-order valence-corrected chi connectivity index (χ4v) is 4.68. The number of phenols is 1. The maximum atomic E-state index is 14.1. The van der Waals surface area contributed by atoms with Crippen molar-refractivity contribution in [2.45, 2.75) is 31.7 Å². The summed E-state index contributed by atoms with van der Waals surface area (Å²) < 4.78 is 19.5. The number of aromatic hydroxyl groups is 1. The number of carbonyl (C=O) groups excluding carboxylic acids is 1. The minimum absolute atomic E-state index is 0.00416. The molecule has 7 nitrogen and oxygen atoms in total. The van der Waals surface area contributed by atoms with Crippen molar-refractivity contribution < 1.29 is 19.0 Å². The Morgan fingerprint density at radius 1 is 1.15 bits per heavy atom. The molecular weight excluding hydrogens is 423 g/mol. The Morgan fingerprint density at radius 2 is 1.97 bits per heavy atom. The summed E-state index contributed by atoms with van der Waals surface area (Å²) in [5, 5.41) is 14.1. The standard InChI is InChI=1S/C25H27FN4O3/c26-17-5-6-21-20(14-17)25(29-24(28-21)19-3-1-2-4-22(19)31)30-10-7-18(15-30)27-23(32)13-16-8-11-33-12-9-16/h1-6,14,16,18,31H,7-13,15H2,(H,27,32). The number of carbonyl (C=O) groups is 1. The average molecular weight is 451 g/mol. The summed E-state index contributed by atoms with van der Waals surface area (Å²) >= 11 is 0. The number of fused-ring (bicyclic) bond motifs is 1. The zero-order chi connectivity index (χ0) is 22.8. The molecule has 2 aliphatic heterocycles. The van der Waals surface area contributed by atoms with E-state index in [9.17, 15) is 14.3 Å². The van der Waals surface area contributed by atoms with Crippen molar-refractivity contribution in [1.82, 2.24) is 15.3 Å². The van der Waals surface area contributed by atoms with E-state index in [0.717, 1.165) is 32.5 Å². The van der Waals surface area contributed by atoms with Gasteiger partial charge in [0.25, 0.3) is 0 Å². The molecule has 1 amide bonds. The van der Waals surface area contributed by atoms with Gasteiger partial charge < -0.3 is 20.1 Å². The molecule has 0 spiro atoms. The lowest BCUT2D eigenvalue weighted by Crippen LogP contribution is -2.38. The van der Waals surface area contributed by atoms with Crippen LogP contribution in [0.4, 0.5) is 10.2 Å². The van der Waals surface area contributed by atoms with Crippen LogP contribution in [0.2, 0.25) is 0 Å². The number of nitrogens with one attached hydrogen (secondary N) is 1. The largest absolute Gasteiger partial charge is 0.507 e. The third kappa shape index (κ3) is 4.75. The van der Waals surface area contributed by atoms with Crippen LogP contribution in [-0.2, 0) is 9.53 Å². The number of benzene rings is 2. The van der Waals surface area contributed by atoms with Crippen LogP contribution in [0, 0.1) is 11.7 Å². The first-order valence-electron chi connectivity index (χ1n) is 11.4. The quantitative estimate of drug-likeness (QED) is 0.617. The van der Waals surface area contributed by atoms with Crippen molar-refractivity contribution in [3.05, 3.63) is 48.3 Å². The van der Waals surface area contributed by atoms with Crippen molar-refractivity contribution in [2.75, 3.05) is 31.2 Å². The Bertz CT molecular complexity index is 1170. The van der Waals surface area contributed by atoms with Gasteiger partial charge in [0.05, 0.1) is 11.1 Å². The fourth-order valence-electron chi connectivity index (χ4n) is 4.68. The van der Waals surface area contributed by atoms with Gasteiger partial charge in [-0.1, -0.05) is 12.1 Å². The molecule has 1 unspecified atom stereocenters. The first-order valence-corrected chi connectivity index (χ1v) is 11.4. The molecule has 3 aromatic rings. The lowest BCUT2D eigenvalue weighted by molar-refractivity contribution is -0.123. The number of halogens is 1. The van der Waals surface area contributed by atoms with E-state index in [0.29, 0.717) is 53.5 Å². The van der Waals surface area contributed by atoms with Gasteiger partial charge in [-0.2, -0.15) is 0 Å². The van der Waals surface area contributed by atoms with Gasteiger partial charge in [0.2, 0.25) is 5.91 Å². The molecule has 8 heteroatoms. The second-order valence-corrected chi connectivity index (χ2v) is 8.81. The topological polar surface area (TPSA) is 87.6 Å². The van der Waals surface area contributed by atoms with Crippen LogP contribution in [0.3, 0.4) is 0 Å². The van der Waals surface area contributed by atoms with E-state index in [4.69, 9.17) is 9.72 Å². The van der Waals surface area contributed by atoms with E-state index in [1.807, 2.05) is 6.07 Å². The monoisotopic (exact) mass is 450 g/mol. The number of hydrogen-bond donors (Lipinski definition) is 2. The van der Waals surface area contributed by atoms with E-state index in [1.165, 1.54) is 12.1 Å². The van der Waals surface area contributed by atoms with Crippen molar-refractivity contribution in [1.29, 1.82) is 0 Å². The number of amides is 1. The summed E-state index contributed by atoms with van der Waals surface area (Å²) in [6.45, 7) is 2.73. The Balaban J connectivity index is 1.38. The number of ether oxygens (including phenoxy) is 1. The third-order valence-corrected chi connectivity index (χ3v) is 6.45. The molecule has 2 aliphatic rings. The Morgan fingerprint density at radius 3 is 2.79 bits per heavy atom. The lowest BCUT2D eigenvalue weighted by Gasteiger charge is -2.23. The van der Waals surface area contributed by atoms with Crippen molar-refractivity contribution in [3.8, 4) is 17.1 Å². The summed E-state index contributed by atoms with van der Waals surface area (Å²) in [6.07, 6.45) is 3.17.